The van der Waals surface area contributed by atoms with Crippen molar-refractivity contribution >= 4 is 28.3 Å². The first-order chi connectivity index (χ1) is 11.7. The van der Waals surface area contributed by atoms with E-state index in [-0.39, 0.29) is 24.4 Å². The Hall–Kier alpha value is -1.15. The molecule has 1 aliphatic rings. The Bertz CT molecular complexity index is 684. The molecule has 148 valence electrons. The van der Waals surface area contributed by atoms with E-state index in [1.165, 1.54) is 4.31 Å². The molecule has 1 fully saturated rings. The molecule has 3 N–H and O–H groups in total. The first-order valence-electron chi connectivity index (χ1n) is 8.83. The Labute approximate surface area is 163 Å². The van der Waals surface area contributed by atoms with Crippen molar-refractivity contribution in [3.8, 4) is 0 Å². The lowest BCUT2D eigenvalue weighted by Gasteiger charge is -2.32. The minimum atomic E-state index is -3.47. The molecular weight excluding hydrogens is 374 g/mol. The molecule has 8 heteroatoms. The number of halogens is 1. The van der Waals surface area contributed by atoms with Crippen LogP contribution in [0, 0.1) is 12.8 Å². The molecule has 1 aromatic carbocycles. The fourth-order valence-electron chi connectivity index (χ4n) is 3.02. The van der Waals surface area contributed by atoms with E-state index in [1.54, 1.807) is 24.3 Å². The standard InChI is InChI=1S/C18H29N3O3S.ClH/c1-13(2)12-17(19)18(22)20-15-8-10-21(11-9-15)25(23,24)16-6-4-14(3)5-7-16;/h4-7,13,15,17H,8-12,19H2,1-3H3,(H,20,22);1H/t17-;/m0./s1. The SMILES string of the molecule is Cc1ccc(S(=O)(=O)N2CCC(NC(=O)[C@@H](N)CC(C)C)CC2)cc1.Cl. The van der Waals surface area contributed by atoms with Gasteiger partial charge >= 0.3 is 0 Å². The summed E-state index contributed by atoms with van der Waals surface area (Å²) in [6, 6.07) is 6.36. The van der Waals surface area contributed by atoms with E-state index in [0.717, 1.165) is 5.56 Å². The van der Waals surface area contributed by atoms with Gasteiger partial charge in [-0.05, 0) is 44.2 Å². The number of nitrogens with one attached hydrogen (secondary N) is 1. The number of nitrogens with two attached hydrogens (primary N) is 1. The zero-order chi connectivity index (χ0) is 18.6. The van der Waals surface area contributed by atoms with Crippen LogP contribution in [0.25, 0.3) is 0 Å². The number of sulfonamides is 1. The van der Waals surface area contributed by atoms with E-state index in [4.69, 9.17) is 5.73 Å². The first-order valence-corrected chi connectivity index (χ1v) is 10.3. The number of hydrogen-bond acceptors (Lipinski definition) is 4. The van der Waals surface area contributed by atoms with E-state index in [1.807, 2.05) is 20.8 Å². The third-order valence-corrected chi connectivity index (χ3v) is 6.43. The summed E-state index contributed by atoms with van der Waals surface area (Å²) in [6.07, 6.45) is 1.85. The van der Waals surface area contributed by atoms with Gasteiger partial charge in [-0.25, -0.2) is 8.42 Å². The van der Waals surface area contributed by atoms with E-state index in [0.29, 0.717) is 43.2 Å². The maximum atomic E-state index is 12.7. The predicted octanol–water partition coefficient (Wildman–Crippen LogP) is 2.06. The van der Waals surface area contributed by atoms with Crippen LogP contribution in [0.1, 0.15) is 38.7 Å². The van der Waals surface area contributed by atoms with Gasteiger partial charge in [-0.2, -0.15) is 4.31 Å². The number of aryl methyl sites for hydroxylation is 1. The van der Waals surface area contributed by atoms with Crippen LogP contribution in [0.5, 0.6) is 0 Å². The molecule has 0 saturated carbocycles. The largest absolute Gasteiger partial charge is 0.352 e. The van der Waals surface area contributed by atoms with Crippen molar-refractivity contribution in [2.24, 2.45) is 11.7 Å². The van der Waals surface area contributed by atoms with Crippen molar-refractivity contribution < 1.29 is 13.2 Å². The second kappa shape index (κ2) is 9.69. The molecule has 0 radical (unpaired) electrons. The Morgan fingerprint density at radius 3 is 2.27 bits per heavy atom. The van der Waals surface area contributed by atoms with E-state index < -0.39 is 16.1 Å². The van der Waals surface area contributed by atoms with Crippen LogP contribution in [0.15, 0.2) is 29.2 Å². The molecule has 1 amide bonds. The normalized spacial score (nSPS) is 17.6. The fourth-order valence-corrected chi connectivity index (χ4v) is 4.49. The Morgan fingerprint density at radius 1 is 1.23 bits per heavy atom. The minimum absolute atomic E-state index is 0. The highest BCUT2D eigenvalue weighted by Gasteiger charge is 2.30. The van der Waals surface area contributed by atoms with Crippen LogP contribution in [-0.4, -0.2) is 43.8 Å². The highest BCUT2D eigenvalue weighted by Crippen LogP contribution is 2.21. The molecule has 2 rings (SSSR count). The summed E-state index contributed by atoms with van der Waals surface area (Å²) in [5, 5.41) is 2.96. The number of amides is 1. The molecule has 0 spiro atoms. The Kier molecular flexibility index (Phi) is 8.53. The van der Waals surface area contributed by atoms with Gasteiger partial charge in [-0.3, -0.25) is 4.79 Å². The van der Waals surface area contributed by atoms with Crippen LogP contribution in [0.3, 0.4) is 0 Å². The molecule has 1 saturated heterocycles. The lowest BCUT2D eigenvalue weighted by Crippen LogP contribution is -2.50. The smallest absolute Gasteiger partial charge is 0.243 e. The lowest BCUT2D eigenvalue weighted by atomic mass is 10.0. The zero-order valence-corrected chi connectivity index (χ0v) is 17.3. The maximum absolute atomic E-state index is 12.7. The molecule has 6 nitrogen and oxygen atoms in total. The first kappa shape index (κ1) is 22.9. The summed E-state index contributed by atoms with van der Waals surface area (Å²) in [6.45, 7) is 6.79. The van der Waals surface area contributed by atoms with Gasteiger partial charge in [0.1, 0.15) is 0 Å². The van der Waals surface area contributed by atoms with Crippen molar-refractivity contribution in [1.82, 2.24) is 9.62 Å². The topological polar surface area (TPSA) is 92.5 Å². The second-order valence-corrected chi connectivity index (χ2v) is 9.17. The molecule has 1 aromatic rings. The monoisotopic (exact) mass is 403 g/mol. The maximum Gasteiger partial charge on any atom is 0.243 e. The summed E-state index contributed by atoms with van der Waals surface area (Å²) in [5.74, 6) is 0.218. The average Bonchev–Trinajstić information content (AvgIpc) is 2.55. The third kappa shape index (κ3) is 5.94. The predicted molar refractivity (Wildman–Crippen MR) is 106 cm³/mol. The number of hydrogen-bond donors (Lipinski definition) is 2. The molecule has 1 heterocycles. The highest BCUT2D eigenvalue weighted by atomic mass is 35.5. The summed E-state index contributed by atoms with van der Waals surface area (Å²) < 4.78 is 26.8. The van der Waals surface area contributed by atoms with Crippen molar-refractivity contribution in [3.05, 3.63) is 29.8 Å². The number of nitrogens with zero attached hydrogens (tertiary/aromatic N) is 1. The van der Waals surface area contributed by atoms with Gasteiger partial charge in [0.15, 0.2) is 0 Å². The number of piperidine rings is 1. The number of carbonyl (C=O) groups is 1. The molecular formula is C18H30ClN3O3S. The lowest BCUT2D eigenvalue weighted by molar-refractivity contribution is -0.123. The molecule has 0 bridgehead atoms. The van der Waals surface area contributed by atoms with Crippen LogP contribution in [0.4, 0.5) is 0 Å². The van der Waals surface area contributed by atoms with E-state index >= 15 is 0 Å². The van der Waals surface area contributed by atoms with Crippen molar-refractivity contribution in [2.45, 2.75) is 57.0 Å². The Morgan fingerprint density at radius 2 is 1.77 bits per heavy atom. The van der Waals surface area contributed by atoms with Gasteiger partial charge in [-0.1, -0.05) is 31.5 Å². The van der Waals surface area contributed by atoms with Crippen LogP contribution < -0.4 is 11.1 Å². The van der Waals surface area contributed by atoms with Crippen molar-refractivity contribution in [2.75, 3.05) is 13.1 Å². The molecule has 0 aliphatic carbocycles. The van der Waals surface area contributed by atoms with Gasteiger partial charge in [-0.15, -0.1) is 12.4 Å². The van der Waals surface area contributed by atoms with Crippen molar-refractivity contribution in [1.29, 1.82) is 0 Å². The second-order valence-electron chi connectivity index (χ2n) is 7.24. The van der Waals surface area contributed by atoms with Crippen LogP contribution in [-0.2, 0) is 14.8 Å². The molecule has 1 aliphatic heterocycles. The molecule has 1 atom stereocenters. The van der Waals surface area contributed by atoms with Gasteiger partial charge in [0.2, 0.25) is 15.9 Å². The van der Waals surface area contributed by atoms with Crippen molar-refractivity contribution in [3.63, 3.8) is 0 Å². The highest BCUT2D eigenvalue weighted by molar-refractivity contribution is 7.89. The number of benzene rings is 1. The quantitative estimate of drug-likeness (QED) is 0.760. The summed E-state index contributed by atoms with van der Waals surface area (Å²) in [5.41, 5.74) is 6.93. The van der Waals surface area contributed by atoms with Gasteiger partial charge in [0.05, 0.1) is 10.9 Å². The van der Waals surface area contributed by atoms with Crippen LogP contribution >= 0.6 is 12.4 Å². The third-order valence-electron chi connectivity index (χ3n) is 4.52. The zero-order valence-electron chi connectivity index (χ0n) is 15.6. The van der Waals surface area contributed by atoms with Crippen LogP contribution in [0.2, 0.25) is 0 Å². The molecule has 26 heavy (non-hydrogen) atoms. The van der Waals surface area contributed by atoms with Gasteiger partial charge < -0.3 is 11.1 Å². The Balaban J connectivity index is 0.00000338. The summed E-state index contributed by atoms with van der Waals surface area (Å²) >= 11 is 0. The molecule has 0 aromatic heterocycles. The summed E-state index contributed by atoms with van der Waals surface area (Å²) in [4.78, 5) is 12.4. The summed E-state index contributed by atoms with van der Waals surface area (Å²) in [7, 11) is -3.47. The average molecular weight is 404 g/mol. The van der Waals surface area contributed by atoms with E-state index in [9.17, 15) is 13.2 Å². The van der Waals surface area contributed by atoms with E-state index in [2.05, 4.69) is 5.32 Å². The minimum Gasteiger partial charge on any atom is -0.352 e. The number of rotatable bonds is 6. The fraction of sp³-hybridized carbons (Fsp3) is 0.611. The molecule has 0 unspecified atom stereocenters. The van der Waals surface area contributed by atoms with Gasteiger partial charge in [0, 0.05) is 19.1 Å². The van der Waals surface area contributed by atoms with Gasteiger partial charge in [0.25, 0.3) is 0 Å². The number of carbonyl (C=O) groups excluding carboxylic acids is 1.